The fraction of sp³-hybridized carbons (Fsp3) is 0.233. The van der Waals surface area contributed by atoms with Gasteiger partial charge in [0.1, 0.15) is 5.54 Å². The molecule has 0 radical (unpaired) electrons. The molecule has 4 aromatic rings. The zero-order valence-electron chi connectivity index (χ0n) is 20.5. The minimum absolute atomic E-state index is 0.263. The molecule has 3 aliphatic heterocycles. The zero-order valence-corrected chi connectivity index (χ0v) is 20.5. The van der Waals surface area contributed by atoms with Crippen molar-refractivity contribution >= 4 is 40.0 Å². The number of rotatable bonds is 3. The maximum absolute atomic E-state index is 14.1. The molecule has 4 heterocycles. The number of hydrogen-bond donors (Lipinski definition) is 3. The van der Waals surface area contributed by atoms with Crippen molar-refractivity contribution in [1.82, 2.24) is 10.3 Å². The third-order valence-electron chi connectivity index (χ3n) is 8.55. The molecule has 7 rings (SSSR count). The van der Waals surface area contributed by atoms with Crippen molar-refractivity contribution in [1.29, 1.82) is 0 Å². The van der Waals surface area contributed by atoms with Crippen molar-refractivity contribution in [3.8, 4) is 0 Å². The van der Waals surface area contributed by atoms with Gasteiger partial charge < -0.3 is 10.3 Å². The van der Waals surface area contributed by atoms with Crippen LogP contribution in [0.4, 0.5) is 11.4 Å². The van der Waals surface area contributed by atoms with E-state index in [0.29, 0.717) is 12.1 Å². The van der Waals surface area contributed by atoms with Crippen LogP contribution in [0.25, 0.3) is 10.9 Å². The van der Waals surface area contributed by atoms with E-state index in [1.54, 1.807) is 12.1 Å². The molecular weight excluding hydrogens is 464 g/mol. The summed E-state index contributed by atoms with van der Waals surface area (Å²) in [5, 5.41) is 7.69. The van der Waals surface area contributed by atoms with Crippen LogP contribution < -0.4 is 15.5 Å². The van der Waals surface area contributed by atoms with Gasteiger partial charge in [-0.1, -0.05) is 48.5 Å². The van der Waals surface area contributed by atoms with E-state index in [0.717, 1.165) is 38.8 Å². The Hall–Kier alpha value is -4.23. The van der Waals surface area contributed by atoms with E-state index in [2.05, 4.69) is 15.6 Å². The molecule has 3 aliphatic rings. The summed E-state index contributed by atoms with van der Waals surface area (Å²) in [6.45, 7) is 3.97. The Labute approximate surface area is 213 Å². The van der Waals surface area contributed by atoms with Crippen LogP contribution in [-0.4, -0.2) is 28.7 Å². The van der Waals surface area contributed by atoms with Crippen LogP contribution in [0.3, 0.4) is 0 Å². The molecule has 1 aromatic heterocycles. The van der Waals surface area contributed by atoms with Crippen LogP contribution in [0.2, 0.25) is 0 Å². The highest BCUT2D eigenvalue weighted by Crippen LogP contribution is 2.54. The number of fused-ring (bicyclic) bond motifs is 5. The molecule has 0 bridgehead atoms. The number of carbonyl (C=O) groups is 3. The second-order valence-electron chi connectivity index (χ2n) is 10.4. The third-order valence-corrected chi connectivity index (χ3v) is 8.55. The smallest absolute Gasteiger partial charge is 0.250 e. The Morgan fingerprint density at radius 3 is 2.46 bits per heavy atom. The lowest BCUT2D eigenvalue weighted by molar-refractivity contribution is -0.130. The van der Waals surface area contributed by atoms with Crippen LogP contribution in [0.1, 0.15) is 22.3 Å². The average molecular weight is 491 g/mol. The van der Waals surface area contributed by atoms with E-state index >= 15 is 0 Å². The maximum atomic E-state index is 14.1. The fourth-order valence-electron chi connectivity index (χ4n) is 6.66. The summed E-state index contributed by atoms with van der Waals surface area (Å²) in [4.78, 5) is 46.6. The van der Waals surface area contributed by atoms with E-state index in [1.165, 1.54) is 4.90 Å². The number of nitrogens with zero attached hydrogens (tertiary/aromatic N) is 1. The van der Waals surface area contributed by atoms with Crippen molar-refractivity contribution in [2.75, 3.05) is 10.2 Å². The number of hydrogen-bond acceptors (Lipinski definition) is 4. The summed E-state index contributed by atoms with van der Waals surface area (Å²) >= 11 is 0. The average Bonchev–Trinajstić information content (AvgIpc) is 3.61. The first-order valence-electron chi connectivity index (χ1n) is 12.6. The number of benzene rings is 3. The molecule has 7 heteroatoms. The minimum atomic E-state index is -1.31. The highest BCUT2D eigenvalue weighted by Gasteiger charge is 2.70. The molecule has 1 spiro atoms. The van der Waals surface area contributed by atoms with Gasteiger partial charge in [0, 0.05) is 34.4 Å². The first-order chi connectivity index (χ1) is 17.9. The number of carbonyl (C=O) groups excluding carboxylic acids is 3. The summed E-state index contributed by atoms with van der Waals surface area (Å²) < 4.78 is 0. The molecule has 0 saturated carbocycles. The summed E-state index contributed by atoms with van der Waals surface area (Å²) in [5.74, 6) is -2.40. The third kappa shape index (κ3) is 2.83. The molecule has 3 N–H and O–H groups in total. The number of anilines is 2. The molecule has 37 heavy (non-hydrogen) atoms. The quantitative estimate of drug-likeness (QED) is 0.379. The molecule has 0 aliphatic carbocycles. The first-order valence-corrected chi connectivity index (χ1v) is 12.6. The summed E-state index contributed by atoms with van der Waals surface area (Å²) in [6.07, 6.45) is 2.46. The molecule has 2 fully saturated rings. The van der Waals surface area contributed by atoms with Crippen molar-refractivity contribution in [3.05, 3.63) is 95.2 Å². The molecular formula is C30H26N4O3. The summed E-state index contributed by atoms with van der Waals surface area (Å²) in [5.41, 5.74) is 4.78. The van der Waals surface area contributed by atoms with Gasteiger partial charge in [-0.3, -0.25) is 19.7 Å². The Bertz CT molecular complexity index is 1620. The predicted molar refractivity (Wildman–Crippen MR) is 141 cm³/mol. The Morgan fingerprint density at radius 1 is 0.892 bits per heavy atom. The summed E-state index contributed by atoms with van der Waals surface area (Å²) in [6, 6.07) is 20.5. The standard InChI is InChI=1S/C30H26N4O3/c1-16-12-13-21-26(17(16)2)32-29(37)30(21)25-24(27(35)34(28(25)36)19-8-4-3-5-9-19)23(33-30)14-18-15-31-22-11-7-6-10-20(18)22/h3-13,15,23-25,31,33H,14H2,1-2H3,(H,32,37)/t23-,24+,25-,30+/m0/s1. The first kappa shape index (κ1) is 22.0. The second-order valence-corrected chi connectivity index (χ2v) is 10.4. The topological polar surface area (TPSA) is 94.3 Å². The number of aryl methyl sites for hydroxylation is 1. The Balaban J connectivity index is 1.40. The number of para-hydroxylation sites is 2. The molecule has 3 amide bonds. The highest BCUT2D eigenvalue weighted by molar-refractivity contribution is 6.26. The maximum Gasteiger partial charge on any atom is 0.250 e. The van der Waals surface area contributed by atoms with Gasteiger partial charge in [0.25, 0.3) is 0 Å². The molecule has 3 aromatic carbocycles. The van der Waals surface area contributed by atoms with E-state index in [4.69, 9.17) is 0 Å². The number of amides is 3. The predicted octanol–water partition coefficient (Wildman–Crippen LogP) is 3.95. The molecule has 4 atom stereocenters. The number of nitrogens with one attached hydrogen (secondary N) is 3. The van der Waals surface area contributed by atoms with Gasteiger partial charge >= 0.3 is 0 Å². The normalized spacial score (nSPS) is 26.3. The van der Waals surface area contributed by atoms with Crippen molar-refractivity contribution in [2.45, 2.75) is 31.8 Å². The lowest BCUT2D eigenvalue weighted by Gasteiger charge is -2.29. The molecule has 0 unspecified atom stereocenters. The number of aromatic nitrogens is 1. The van der Waals surface area contributed by atoms with E-state index < -0.39 is 23.4 Å². The van der Waals surface area contributed by atoms with Crippen molar-refractivity contribution in [2.24, 2.45) is 11.8 Å². The van der Waals surface area contributed by atoms with Crippen molar-refractivity contribution < 1.29 is 14.4 Å². The van der Waals surface area contributed by atoms with Crippen LogP contribution in [0.5, 0.6) is 0 Å². The van der Waals surface area contributed by atoms with Gasteiger partial charge in [0.2, 0.25) is 17.7 Å². The number of H-pyrrole nitrogens is 1. The van der Waals surface area contributed by atoms with Gasteiger partial charge in [-0.2, -0.15) is 0 Å². The van der Waals surface area contributed by atoms with Crippen LogP contribution in [0, 0.1) is 25.7 Å². The lowest BCUT2D eigenvalue weighted by Crippen LogP contribution is -2.53. The van der Waals surface area contributed by atoms with Crippen molar-refractivity contribution in [3.63, 3.8) is 0 Å². The summed E-state index contributed by atoms with van der Waals surface area (Å²) in [7, 11) is 0. The second kappa shape index (κ2) is 7.63. The molecule has 184 valence electrons. The van der Waals surface area contributed by atoms with Crippen LogP contribution in [0.15, 0.2) is 72.9 Å². The van der Waals surface area contributed by atoms with Crippen LogP contribution in [-0.2, 0) is 26.3 Å². The monoisotopic (exact) mass is 490 g/mol. The van der Waals surface area contributed by atoms with Gasteiger partial charge in [-0.05, 0) is 55.2 Å². The Morgan fingerprint density at radius 2 is 1.65 bits per heavy atom. The largest absolute Gasteiger partial charge is 0.361 e. The number of imide groups is 1. The van der Waals surface area contributed by atoms with Gasteiger partial charge in [0.15, 0.2) is 0 Å². The fourth-order valence-corrected chi connectivity index (χ4v) is 6.66. The van der Waals surface area contributed by atoms with Gasteiger partial charge in [0.05, 0.1) is 17.5 Å². The van der Waals surface area contributed by atoms with E-state index in [1.807, 2.05) is 74.6 Å². The highest BCUT2D eigenvalue weighted by atomic mass is 16.2. The van der Waals surface area contributed by atoms with Gasteiger partial charge in [-0.25, -0.2) is 4.90 Å². The van der Waals surface area contributed by atoms with E-state index in [-0.39, 0.29) is 17.7 Å². The lowest BCUT2D eigenvalue weighted by atomic mass is 9.75. The van der Waals surface area contributed by atoms with Gasteiger partial charge in [-0.15, -0.1) is 0 Å². The number of aromatic amines is 1. The van der Waals surface area contributed by atoms with Crippen LogP contribution >= 0.6 is 0 Å². The molecule has 7 nitrogen and oxygen atoms in total. The molecule has 2 saturated heterocycles. The minimum Gasteiger partial charge on any atom is -0.361 e. The SMILES string of the molecule is Cc1ccc2c(c1C)NC(=O)[C@@]21N[C@@H](Cc2c[nH]c3ccccc23)[C@H]2C(=O)N(c3ccccc3)C(=O)[C@H]21. The zero-order chi connectivity index (χ0) is 25.5. The Kier molecular flexibility index (Phi) is 4.54. The van der Waals surface area contributed by atoms with E-state index in [9.17, 15) is 14.4 Å².